The number of hydrogen-bond acceptors (Lipinski definition) is 3. The van der Waals surface area contributed by atoms with Crippen LogP contribution in [0.1, 0.15) is 43.2 Å². The van der Waals surface area contributed by atoms with Crippen molar-refractivity contribution in [1.29, 1.82) is 0 Å². The van der Waals surface area contributed by atoms with Crippen LogP contribution in [0.5, 0.6) is 0 Å². The number of fused-ring (bicyclic) bond motifs is 2. The molecule has 2 bridgehead atoms. The molecule has 23 heavy (non-hydrogen) atoms. The molecular formula is C17H24ClFN2O2. The molecule has 2 aliphatic rings. The van der Waals surface area contributed by atoms with E-state index in [1.54, 1.807) is 12.1 Å². The van der Waals surface area contributed by atoms with Crippen molar-refractivity contribution in [2.45, 2.75) is 57.3 Å². The first-order valence-electron chi connectivity index (χ1n) is 8.05. The van der Waals surface area contributed by atoms with Crippen LogP contribution < -0.4 is 10.6 Å². The number of benzene rings is 1. The Balaban J connectivity index is 0.00000192. The summed E-state index contributed by atoms with van der Waals surface area (Å²) in [6.45, 7) is 0.0236. The van der Waals surface area contributed by atoms with E-state index in [0.29, 0.717) is 36.5 Å². The second kappa shape index (κ2) is 8.08. The van der Waals surface area contributed by atoms with Gasteiger partial charge in [0.25, 0.3) is 0 Å². The molecule has 3 rings (SSSR count). The summed E-state index contributed by atoms with van der Waals surface area (Å²) in [6.07, 6.45) is 5.21. The lowest BCUT2D eigenvalue weighted by molar-refractivity contribution is -0.122. The lowest BCUT2D eigenvalue weighted by Crippen LogP contribution is -2.39. The molecule has 1 aromatic rings. The molecule has 0 saturated carbocycles. The molecule has 0 aliphatic carbocycles. The molecule has 6 heteroatoms. The maximum absolute atomic E-state index is 13.6. The molecule has 4 nitrogen and oxygen atoms in total. The van der Waals surface area contributed by atoms with Crippen LogP contribution in [0.3, 0.4) is 0 Å². The standard InChI is InChI=1S/C17H23FN2O2.ClH/c18-16-7-11(1-2-13(16)10-21)9-19-17(22)8-12-5-14-3-4-15(6-12)20-14;/h1-2,7,12,14-15,20-21H,3-6,8-10H2,(H,19,22);1H. The topological polar surface area (TPSA) is 61.4 Å². The highest BCUT2D eigenvalue weighted by atomic mass is 35.5. The minimum absolute atomic E-state index is 0. The molecule has 128 valence electrons. The molecule has 2 heterocycles. The van der Waals surface area contributed by atoms with E-state index in [-0.39, 0.29) is 30.5 Å². The van der Waals surface area contributed by atoms with E-state index in [9.17, 15) is 9.18 Å². The van der Waals surface area contributed by atoms with E-state index in [1.807, 2.05) is 0 Å². The highest BCUT2D eigenvalue weighted by molar-refractivity contribution is 5.85. The largest absolute Gasteiger partial charge is 0.392 e. The number of piperidine rings is 1. The van der Waals surface area contributed by atoms with Crippen LogP contribution in [0.15, 0.2) is 18.2 Å². The molecule has 2 unspecified atom stereocenters. The Morgan fingerprint density at radius 1 is 1.30 bits per heavy atom. The first kappa shape index (κ1) is 18.2. The summed E-state index contributed by atoms with van der Waals surface area (Å²) in [5.41, 5.74) is 0.994. The van der Waals surface area contributed by atoms with Gasteiger partial charge in [-0.15, -0.1) is 12.4 Å². The van der Waals surface area contributed by atoms with Crippen LogP contribution in [-0.2, 0) is 17.9 Å². The highest BCUT2D eigenvalue weighted by Crippen LogP contribution is 2.32. The molecule has 3 N–H and O–H groups in total. The highest BCUT2D eigenvalue weighted by Gasteiger charge is 2.34. The van der Waals surface area contributed by atoms with Gasteiger partial charge in [0.1, 0.15) is 5.82 Å². The summed E-state index contributed by atoms with van der Waals surface area (Å²) >= 11 is 0. The number of halogens is 2. The van der Waals surface area contributed by atoms with Crippen molar-refractivity contribution in [3.8, 4) is 0 Å². The summed E-state index contributed by atoms with van der Waals surface area (Å²) in [7, 11) is 0. The molecular weight excluding hydrogens is 319 g/mol. The number of rotatable bonds is 5. The quantitative estimate of drug-likeness (QED) is 0.769. The van der Waals surface area contributed by atoms with Crippen LogP contribution in [0.2, 0.25) is 0 Å². The molecule has 0 spiro atoms. The zero-order valence-corrected chi connectivity index (χ0v) is 13.9. The van der Waals surface area contributed by atoms with E-state index in [4.69, 9.17) is 5.11 Å². The Morgan fingerprint density at radius 2 is 2.00 bits per heavy atom. The second-order valence-electron chi connectivity index (χ2n) is 6.54. The van der Waals surface area contributed by atoms with Gasteiger partial charge in [-0.3, -0.25) is 4.79 Å². The Bertz CT molecular complexity index is 543. The van der Waals surface area contributed by atoms with Crippen LogP contribution in [-0.4, -0.2) is 23.1 Å². The van der Waals surface area contributed by atoms with Crippen LogP contribution in [0.4, 0.5) is 4.39 Å². The van der Waals surface area contributed by atoms with Crippen molar-refractivity contribution in [2.75, 3.05) is 0 Å². The van der Waals surface area contributed by atoms with Gasteiger partial charge in [-0.25, -0.2) is 4.39 Å². The normalized spacial score (nSPS) is 25.7. The third-order valence-electron chi connectivity index (χ3n) is 4.82. The summed E-state index contributed by atoms with van der Waals surface area (Å²) < 4.78 is 13.6. The van der Waals surface area contributed by atoms with Gasteiger partial charge >= 0.3 is 0 Å². The van der Waals surface area contributed by atoms with Gasteiger partial charge in [0.05, 0.1) is 6.61 Å². The molecule has 2 aliphatic heterocycles. The van der Waals surface area contributed by atoms with Crippen molar-refractivity contribution in [1.82, 2.24) is 10.6 Å². The Morgan fingerprint density at radius 3 is 2.61 bits per heavy atom. The van der Waals surface area contributed by atoms with E-state index >= 15 is 0 Å². The van der Waals surface area contributed by atoms with Crippen molar-refractivity contribution in [3.63, 3.8) is 0 Å². The second-order valence-corrected chi connectivity index (χ2v) is 6.54. The van der Waals surface area contributed by atoms with Crippen LogP contribution in [0.25, 0.3) is 0 Å². The van der Waals surface area contributed by atoms with Crippen molar-refractivity contribution >= 4 is 18.3 Å². The van der Waals surface area contributed by atoms with Crippen LogP contribution in [0, 0.1) is 11.7 Å². The summed E-state index contributed by atoms with van der Waals surface area (Å²) in [4.78, 5) is 12.1. The van der Waals surface area contributed by atoms with Gasteiger partial charge in [-0.05, 0) is 43.2 Å². The fraction of sp³-hybridized carbons (Fsp3) is 0.588. The zero-order chi connectivity index (χ0) is 15.5. The van der Waals surface area contributed by atoms with Gasteiger partial charge in [0, 0.05) is 30.6 Å². The lowest BCUT2D eigenvalue weighted by atomic mass is 9.89. The molecule has 0 aromatic heterocycles. The average Bonchev–Trinajstić information content (AvgIpc) is 2.84. The maximum atomic E-state index is 13.6. The first-order valence-corrected chi connectivity index (χ1v) is 8.05. The molecule has 1 amide bonds. The van der Waals surface area contributed by atoms with E-state index in [2.05, 4.69) is 10.6 Å². The fourth-order valence-electron chi connectivity index (χ4n) is 3.71. The third kappa shape index (κ3) is 4.66. The lowest BCUT2D eigenvalue weighted by Gasteiger charge is -2.28. The van der Waals surface area contributed by atoms with E-state index in [1.165, 1.54) is 18.9 Å². The fourth-order valence-corrected chi connectivity index (χ4v) is 3.71. The predicted molar refractivity (Wildman–Crippen MR) is 88.7 cm³/mol. The summed E-state index contributed by atoms with van der Waals surface area (Å²) in [5, 5.41) is 15.4. The minimum Gasteiger partial charge on any atom is -0.392 e. The smallest absolute Gasteiger partial charge is 0.220 e. The number of aliphatic hydroxyl groups is 1. The molecule has 1 aromatic carbocycles. The van der Waals surface area contributed by atoms with Crippen molar-refractivity contribution < 1.29 is 14.3 Å². The van der Waals surface area contributed by atoms with Gasteiger partial charge in [0.2, 0.25) is 5.91 Å². The Labute approximate surface area is 142 Å². The first-order chi connectivity index (χ1) is 10.6. The third-order valence-corrected chi connectivity index (χ3v) is 4.82. The number of aliphatic hydroxyl groups excluding tert-OH is 1. The average molecular weight is 343 g/mol. The Hall–Kier alpha value is -1.17. The van der Waals surface area contributed by atoms with Gasteiger partial charge in [-0.2, -0.15) is 0 Å². The van der Waals surface area contributed by atoms with Gasteiger partial charge < -0.3 is 15.7 Å². The van der Waals surface area contributed by atoms with Crippen molar-refractivity contribution in [3.05, 3.63) is 35.1 Å². The minimum atomic E-state index is -0.427. The number of hydrogen-bond donors (Lipinski definition) is 3. The molecule has 2 saturated heterocycles. The number of nitrogens with one attached hydrogen (secondary N) is 2. The summed E-state index contributed by atoms with van der Waals surface area (Å²) in [5.74, 6) is 0.0781. The van der Waals surface area contributed by atoms with Gasteiger partial charge in [0.15, 0.2) is 0 Å². The predicted octanol–water partition coefficient (Wildman–Crippen LogP) is 2.28. The molecule has 2 fully saturated rings. The summed E-state index contributed by atoms with van der Waals surface area (Å²) in [6, 6.07) is 5.85. The number of amides is 1. The Kier molecular flexibility index (Phi) is 6.39. The maximum Gasteiger partial charge on any atom is 0.220 e. The van der Waals surface area contributed by atoms with Crippen LogP contribution >= 0.6 is 12.4 Å². The molecule has 0 radical (unpaired) electrons. The van der Waals surface area contributed by atoms with E-state index in [0.717, 1.165) is 12.8 Å². The van der Waals surface area contributed by atoms with Gasteiger partial charge in [-0.1, -0.05) is 12.1 Å². The monoisotopic (exact) mass is 342 g/mol. The molecule has 2 atom stereocenters. The number of carbonyl (C=O) groups excluding carboxylic acids is 1. The number of carbonyl (C=O) groups is 1. The zero-order valence-electron chi connectivity index (χ0n) is 13.1. The SMILES string of the molecule is Cl.O=C(CC1CC2CCC(C1)N2)NCc1ccc(CO)c(F)c1. The van der Waals surface area contributed by atoms with Crippen molar-refractivity contribution in [2.24, 2.45) is 5.92 Å². The van der Waals surface area contributed by atoms with E-state index < -0.39 is 5.82 Å².